The van der Waals surface area contributed by atoms with Crippen LogP contribution in [0.3, 0.4) is 0 Å². The SMILES string of the molecule is CC(C)CC(N)C(=O)NCC1CCCS1(=O)=O. The number of carbonyl (C=O) groups excluding carboxylic acids is 1. The lowest BCUT2D eigenvalue weighted by molar-refractivity contribution is -0.122. The van der Waals surface area contributed by atoms with E-state index in [1.54, 1.807) is 0 Å². The third kappa shape index (κ3) is 4.27. The molecule has 1 fully saturated rings. The van der Waals surface area contributed by atoms with E-state index in [9.17, 15) is 13.2 Å². The molecule has 17 heavy (non-hydrogen) atoms. The molecule has 0 bridgehead atoms. The van der Waals surface area contributed by atoms with Gasteiger partial charge in [-0.05, 0) is 25.2 Å². The standard InChI is InChI=1S/C11H22N2O3S/c1-8(2)6-10(12)11(14)13-7-9-4-3-5-17(9,15)16/h8-10H,3-7,12H2,1-2H3,(H,13,14). The molecule has 1 aliphatic heterocycles. The van der Waals surface area contributed by atoms with E-state index >= 15 is 0 Å². The highest BCUT2D eigenvalue weighted by Gasteiger charge is 2.31. The minimum Gasteiger partial charge on any atom is -0.353 e. The Hall–Kier alpha value is -0.620. The van der Waals surface area contributed by atoms with Gasteiger partial charge in [-0.15, -0.1) is 0 Å². The Labute approximate surface area is 103 Å². The van der Waals surface area contributed by atoms with Gasteiger partial charge in [0.2, 0.25) is 5.91 Å². The van der Waals surface area contributed by atoms with Crippen molar-refractivity contribution >= 4 is 15.7 Å². The van der Waals surface area contributed by atoms with Gasteiger partial charge in [-0.3, -0.25) is 4.79 Å². The van der Waals surface area contributed by atoms with E-state index in [0.29, 0.717) is 25.2 Å². The second-order valence-corrected chi connectivity index (χ2v) is 7.51. The Bertz CT molecular complexity index is 365. The highest BCUT2D eigenvalue weighted by atomic mass is 32.2. The Kier molecular flexibility index (Phi) is 4.94. The lowest BCUT2D eigenvalue weighted by Gasteiger charge is -2.16. The summed E-state index contributed by atoms with van der Waals surface area (Å²) in [7, 11) is -2.99. The zero-order valence-electron chi connectivity index (χ0n) is 10.5. The number of hydrogen-bond donors (Lipinski definition) is 2. The summed E-state index contributed by atoms with van der Waals surface area (Å²) in [6.07, 6.45) is 1.95. The normalized spacial score (nSPS) is 24.8. The number of nitrogens with two attached hydrogens (primary N) is 1. The van der Waals surface area contributed by atoms with E-state index < -0.39 is 21.1 Å². The van der Waals surface area contributed by atoms with Gasteiger partial charge in [-0.25, -0.2) is 8.42 Å². The monoisotopic (exact) mass is 262 g/mol. The molecule has 0 aromatic heterocycles. The van der Waals surface area contributed by atoms with Crippen molar-refractivity contribution in [3.05, 3.63) is 0 Å². The topological polar surface area (TPSA) is 89.3 Å². The Morgan fingerprint density at radius 1 is 1.47 bits per heavy atom. The molecule has 0 saturated carbocycles. The molecule has 6 heteroatoms. The highest BCUT2D eigenvalue weighted by molar-refractivity contribution is 7.92. The molecule has 0 spiro atoms. The van der Waals surface area contributed by atoms with Crippen molar-refractivity contribution in [1.82, 2.24) is 5.32 Å². The molecule has 3 N–H and O–H groups in total. The molecule has 0 aliphatic carbocycles. The number of sulfone groups is 1. The highest BCUT2D eigenvalue weighted by Crippen LogP contribution is 2.19. The van der Waals surface area contributed by atoms with Gasteiger partial charge in [0.25, 0.3) is 0 Å². The molecule has 2 atom stereocenters. The van der Waals surface area contributed by atoms with Crippen molar-refractivity contribution in [2.24, 2.45) is 11.7 Å². The Morgan fingerprint density at radius 3 is 2.59 bits per heavy atom. The van der Waals surface area contributed by atoms with Crippen molar-refractivity contribution in [2.45, 2.75) is 44.4 Å². The first kappa shape index (κ1) is 14.4. The summed E-state index contributed by atoms with van der Waals surface area (Å²) in [4.78, 5) is 11.6. The summed E-state index contributed by atoms with van der Waals surface area (Å²) in [5, 5.41) is 2.22. The second kappa shape index (κ2) is 5.82. The van der Waals surface area contributed by atoms with Gasteiger partial charge < -0.3 is 11.1 Å². The maximum absolute atomic E-state index is 11.6. The van der Waals surface area contributed by atoms with Crippen LogP contribution in [0.25, 0.3) is 0 Å². The molecule has 0 aromatic rings. The summed E-state index contributed by atoms with van der Waals surface area (Å²) in [5.74, 6) is 0.345. The molecule has 1 rings (SSSR count). The van der Waals surface area contributed by atoms with Crippen LogP contribution in [0.2, 0.25) is 0 Å². The van der Waals surface area contributed by atoms with Crippen LogP contribution < -0.4 is 11.1 Å². The lowest BCUT2D eigenvalue weighted by Crippen LogP contribution is -2.44. The number of rotatable bonds is 5. The summed E-state index contributed by atoms with van der Waals surface area (Å²) in [6.45, 7) is 4.19. The number of amides is 1. The molecule has 0 radical (unpaired) electrons. The second-order valence-electron chi connectivity index (χ2n) is 5.11. The van der Waals surface area contributed by atoms with Gasteiger partial charge in [0.1, 0.15) is 0 Å². The van der Waals surface area contributed by atoms with Crippen LogP contribution in [0.1, 0.15) is 33.1 Å². The summed E-state index contributed by atoms with van der Waals surface area (Å²) in [5.41, 5.74) is 5.71. The molecule has 5 nitrogen and oxygen atoms in total. The van der Waals surface area contributed by atoms with E-state index in [1.165, 1.54) is 0 Å². The zero-order chi connectivity index (χ0) is 13.1. The number of carbonyl (C=O) groups is 1. The molecule has 1 heterocycles. The van der Waals surface area contributed by atoms with Crippen LogP contribution in [-0.4, -0.2) is 37.9 Å². The molecule has 2 unspecified atom stereocenters. The van der Waals surface area contributed by atoms with Crippen molar-refractivity contribution < 1.29 is 13.2 Å². The zero-order valence-corrected chi connectivity index (χ0v) is 11.3. The predicted octanol–water partition coefficient (Wildman–Crippen LogP) is 0.0532. The first-order chi connectivity index (χ1) is 7.83. The maximum Gasteiger partial charge on any atom is 0.236 e. The Morgan fingerprint density at radius 2 is 2.12 bits per heavy atom. The van der Waals surface area contributed by atoms with Crippen LogP contribution >= 0.6 is 0 Å². The van der Waals surface area contributed by atoms with E-state index in [4.69, 9.17) is 5.73 Å². The average Bonchev–Trinajstić information content (AvgIpc) is 2.53. The third-order valence-electron chi connectivity index (χ3n) is 3.03. The number of hydrogen-bond acceptors (Lipinski definition) is 4. The van der Waals surface area contributed by atoms with Crippen LogP contribution in [0.4, 0.5) is 0 Å². The molecule has 1 aliphatic rings. The minimum absolute atomic E-state index is 0.201. The minimum atomic E-state index is -2.99. The predicted molar refractivity (Wildman–Crippen MR) is 67.2 cm³/mol. The molecule has 100 valence electrons. The molecular formula is C11H22N2O3S. The van der Waals surface area contributed by atoms with Gasteiger partial charge in [-0.1, -0.05) is 13.8 Å². The van der Waals surface area contributed by atoms with Crippen molar-refractivity contribution in [3.63, 3.8) is 0 Å². The van der Waals surface area contributed by atoms with Gasteiger partial charge in [0.05, 0.1) is 17.0 Å². The smallest absolute Gasteiger partial charge is 0.236 e. The molecular weight excluding hydrogens is 240 g/mol. The van der Waals surface area contributed by atoms with Crippen LogP contribution in [0.5, 0.6) is 0 Å². The van der Waals surface area contributed by atoms with E-state index in [0.717, 1.165) is 0 Å². The van der Waals surface area contributed by atoms with Crippen molar-refractivity contribution in [2.75, 3.05) is 12.3 Å². The van der Waals surface area contributed by atoms with Crippen molar-refractivity contribution in [1.29, 1.82) is 0 Å². The average molecular weight is 262 g/mol. The van der Waals surface area contributed by atoms with Gasteiger partial charge in [0.15, 0.2) is 9.84 Å². The Balaban J connectivity index is 2.38. The first-order valence-electron chi connectivity index (χ1n) is 6.08. The van der Waals surface area contributed by atoms with Crippen LogP contribution in [0, 0.1) is 5.92 Å². The molecule has 1 amide bonds. The van der Waals surface area contributed by atoms with Gasteiger partial charge >= 0.3 is 0 Å². The fourth-order valence-corrected chi connectivity index (χ4v) is 3.81. The van der Waals surface area contributed by atoms with E-state index in [2.05, 4.69) is 5.32 Å². The molecule has 1 saturated heterocycles. The van der Waals surface area contributed by atoms with Gasteiger partial charge in [-0.2, -0.15) is 0 Å². The van der Waals surface area contributed by atoms with E-state index in [1.807, 2.05) is 13.8 Å². The fourth-order valence-electron chi connectivity index (χ4n) is 2.05. The van der Waals surface area contributed by atoms with Crippen LogP contribution in [-0.2, 0) is 14.6 Å². The van der Waals surface area contributed by atoms with Crippen LogP contribution in [0.15, 0.2) is 0 Å². The quantitative estimate of drug-likeness (QED) is 0.733. The lowest BCUT2D eigenvalue weighted by atomic mass is 10.0. The maximum atomic E-state index is 11.6. The molecule has 0 aromatic carbocycles. The summed E-state index contributed by atoms with van der Waals surface area (Å²) >= 11 is 0. The van der Waals surface area contributed by atoms with E-state index in [-0.39, 0.29) is 18.2 Å². The number of nitrogens with one attached hydrogen (secondary N) is 1. The third-order valence-corrected chi connectivity index (χ3v) is 5.30. The fraction of sp³-hybridized carbons (Fsp3) is 0.909. The summed E-state index contributed by atoms with van der Waals surface area (Å²) in [6, 6.07) is -0.542. The van der Waals surface area contributed by atoms with Gasteiger partial charge in [0, 0.05) is 6.54 Å². The largest absolute Gasteiger partial charge is 0.353 e. The summed E-state index contributed by atoms with van der Waals surface area (Å²) < 4.78 is 23.1. The first-order valence-corrected chi connectivity index (χ1v) is 7.79. The van der Waals surface area contributed by atoms with Crippen molar-refractivity contribution in [3.8, 4) is 0 Å².